The molecule has 196 valence electrons. The van der Waals surface area contributed by atoms with Gasteiger partial charge in [0.25, 0.3) is 0 Å². The second kappa shape index (κ2) is 9.79. The SMILES string of the molecule is Cc1ccc(P(c2ccc(C(F)(F)F)cc2)c2ccc(C(F)(F)F)cc2C2=NC(C(C)(C)C)CO2)cc1. The number of aryl methyl sites for hydroxylation is 1. The van der Waals surface area contributed by atoms with Gasteiger partial charge in [-0.2, -0.15) is 26.3 Å². The van der Waals surface area contributed by atoms with Crippen molar-refractivity contribution < 1.29 is 31.1 Å². The van der Waals surface area contributed by atoms with Crippen molar-refractivity contribution in [1.82, 2.24) is 0 Å². The van der Waals surface area contributed by atoms with E-state index in [-0.39, 0.29) is 29.5 Å². The van der Waals surface area contributed by atoms with E-state index >= 15 is 0 Å². The molecule has 0 aliphatic carbocycles. The Kier molecular flexibility index (Phi) is 7.19. The highest BCUT2D eigenvalue weighted by Crippen LogP contribution is 2.39. The van der Waals surface area contributed by atoms with E-state index in [9.17, 15) is 26.3 Å². The first-order chi connectivity index (χ1) is 17.1. The molecule has 9 heteroatoms. The summed E-state index contributed by atoms with van der Waals surface area (Å²) in [5.41, 5.74) is -0.718. The summed E-state index contributed by atoms with van der Waals surface area (Å²) in [5.74, 6) is 0.118. The van der Waals surface area contributed by atoms with Gasteiger partial charge in [-0.1, -0.05) is 68.8 Å². The van der Waals surface area contributed by atoms with Crippen LogP contribution in [0, 0.1) is 12.3 Å². The van der Waals surface area contributed by atoms with Crippen LogP contribution in [0.15, 0.2) is 71.7 Å². The minimum absolute atomic E-state index is 0.118. The highest BCUT2D eigenvalue weighted by Gasteiger charge is 2.36. The molecule has 2 atom stereocenters. The highest BCUT2D eigenvalue weighted by molar-refractivity contribution is 7.80. The smallest absolute Gasteiger partial charge is 0.416 e. The van der Waals surface area contributed by atoms with Gasteiger partial charge in [0, 0.05) is 5.56 Å². The van der Waals surface area contributed by atoms with Gasteiger partial charge in [0.15, 0.2) is 0 Å². The van der Waals surface area contributed by atoms with Crippen molar-refractivity contribution in [2.24, 2.45) is 10.4 Å². The summed E-state index contributed by atoms with van der Waals surface area (Å²) < 4.78 is 86.7. The van der Waals surface area contributed by atoms with Crippen molar-refractivity contribution >= 4 is 29.7 Å². The third-order valence-corrected chi connectivity index (χ3v) is 8.69. The third-order valence-electron chi connectivity index (χ3n) is 6.19. The molecule has 0 N–H and O–H groups in total. The predicted molar refractivity (Wildman–Crippen MR) is 136 cm³/mol. The predicted octanol–water partition coefficient (Wildman–Crippen LogP) is 6.98. The van der Waals surface area contributed by atoms with Crippen LogP contribution in [0.3, 0.4) is 0 Å². The van der Waals surface area contributed by atoms with Crippen molar-refractivity contribution in [2.75, 3.05) is 6.61 Å². The van der Waals surface area contributed by atoms with E-state index in [0.29, 0.717) is 10.6 Å². The molecule has 0 fully saturated rings. The zero-order valence-electron chi connectivity index (χ0n) is 20.7. The lowest BCUT2D eigenvalue weighted by molar-refractivity contribution is -0.138. The molecule has 0 saturated carbocycles. The molecule has 2 nitrogen and oxygen atoms in total. The molecule has 37 heavy (non-hydrogen) atoms. The van der Waals surface area contributed by atoms with Crippen LogP contribution in [0.2, 0.25) is 0 Å². The Morgan fingerprint density at radius 1 is 0.757 bits per heavy atom. The monoisotopic (exact) mass is 537 g/mol. The molecule has 1 aliphatic rings. The molecule has 0 aromatic heterocycles. The lowest BCUT2D eigenvalue weighted by Crippen LogP contribution is -2.27. The molecular formula is C28H26F6NOP. The number of alkyl halides is 6. The van der Waals surface area contributed by atoms with E-state index in [1.807, 2.05) is 52.0 Å². The molecule has 1 heterocycles. The molecular weight excluding hydrogens is 511 g/mol. The average Bonchev–Trinajstić information content (AvgIpc) is 3.31. The van der Waals surface area contributed by atoms with Gasteiger partial charge in [0.2, 0.25) is 5.90 Å². The Morgan fingerprint density at radius 3 is 1.76 bits per heavy atom. The van der Waals surface area contributed by atoms with Gasteiger partial charge < -0.3 is 4.74 Å². The molecule has 0 saturated heterocycles. The normalized spacial score (nSPS) is 17.4. The topological polar surface area (TPSA) is 21.6 Å². The Labute approximate surface area is 213 Å². The lowest BCUT2D eigenvalue weighted by atomic mass is 9.88. The average molecular weight is 537 g/mol. The van der Waals surface area contributed by atoms with Crippen LogP contribution in [0.25, 0.3) is 0 Å². The van der Waals surface area contributed by atoms with Gasteiger partial charge in [-0.3, -0.25) is 0 Å². The van der Waals surface area contributed by atoms with Crippen molar-refractivity contribution in [3.05, 3.63) is 89.0 Å². The van der Waals surface area contributed by atoms with Crippen LogP contribution < -0.4 is 15.9 Å². The standard InChI is InChI=1S/C28H26F6NOP/c1-17-5-10-20(11-6-17)37(21-12-7-18(8-13-21)27(29,30)31)23-14-9-19(28(32,33)34)15-22(23)25-35-24(16-36-25)26(2,3)4/h5-15,24H,16H2,1-4H3. The van der Waals surface area contributed by atoms with E-state index in [2.05, 4.69) is 4.99 Å². The lowest BCUT2D eigenvalue weighted by Gasteiger charge is -2.23. The van der Waals surface area contributed by atoms with E-state index in [1.165, 1.54) is 18.2 Å². The molecule has 0 amide bonds. The number of halogens is 6. The highest BCUT2D eigenvalue weighted by atomic mass is 31.1. The van der Waals surface area contributed by atoms with E-state index in [4.69, 9.17) is 4.74 Å². The fourth-order valence-electron chi connectivity index (χ4n) is 3.96. The third kappa shape index (κ3) is 6.01. The van der Waals surface area contributed by atoms with E-state index < -0.39 is 31.4 Å². The number of ether oxygens (including phenoxy) is 1. The van der Waals surface area contributed by atoms with Crippen molar-refractivity contribution in [2.45, 2.75) is 46.1 Å². The first-order valence-corrected chi connectivity index (χ1v) is 12.9. The minimum Gasteiger partial charge on any atom is -0.475 e. The summed E-state index contributed by atoms with van der Waals surface area (Å²) in [4.78, 5) is 4.63. The van der Waals surface area contributed by atoms with Crippen molar-refractivity contribution in [3.63, 3.8) is 0 Å². The fourth-order valence-corrected chi connectivity index (χ4v) is 6.34. The zero-order valence-corrected chi connectivity index (χ0v) is 21.6. The van der Waals surface area contributed by atoms with Crippen molar-refractivity contribution in [3.8, 4) is 0 Å². The Balaban J connectivity index is 1.93. The van der Waals surface area contributed by atoms with E-state index in [0.717, 1.165) is 35.1 Å². The Morgan fingerprint density at radius 2 is 1.27 bits per heavy atom. The molecule has 0 radical (unpaired) electrons. The van der Waals surface area contributed by atoms with Gasteiger partial charge >= 0.3 is 12.4 Å². The molecule has 2 unspecified atom stereocenters. The largest absolute Gasteiger partial charge is 0.475 e. The quantitative estimate of drug-likeness (QED) is 0.260. The molecule has 0 spiro atoms. The van der Waals surface area contributed by atoms with Gasteiger partial charge in [-0.05, 0) is 60.4 Å². The number of hydrogen-bond donors (Lipinski definition) is 0. The van der Waals surface area contributed by atoms with Gasteiger partial charge in [-0.15, -0.1) is 0 Å². The van der Waals surface area contributed by atoms with Crippen LogP contribution in [0.4, 0.5) is 26.3 Å². The van der Waals surface area contributed by atoms with Crippen molar-refractivity contribution in [1.29, 1.82) is 0 Å². The minimum atomic E-state index is -4.59. The zero-order chi connectivity index (χ0) is 27.2. The summed E-state index contributed by atoms with van der Waals surface area (Å²) >= 11 is 0. The van der Waals surface area contributed by atoms with Gasteiger partial charge in [0.1, 0.15) is 6.61 Å². The van der Waals surface area contributed by atoms with Gasteiger partial charge in [0.05, 0.1) is 17.2 Å². The maximum Gasteiger partial charge on any atom is 0.416 e. The second-order valence-electron chi connectivity index (χ2n) is 10.1. The summed E-state index contributed by atoms with van der Waals surface area (Å²) in [7, 11) is -1.53. The summed E-state index contributed by atoms with van der Waals surface area (Å²) in [6.45, 7) is 8.06. The van der Waals surface area contributed by atoms with Crippen LogP contribution in [-0.4, -0.2) is 18.5 Å². The fraction of sp³-hybridized carbons (Fsp3) is 0.321. The first kappa shape index (κ1) is 27.2. The summed E-state index contributed by atoms with van der Waals surface area (Å²) in [5, 5.41) is 1.88. The molecule has 3 aromatic rings. The van der Waals surface area contributed by atoms with Crippen LogP contribution in [-0.2, 0) is 17.1 Å². The Hall–Kier alpha value is -2.86. The molecule has 1 aliphatic heterocycles. The maximum absolute atomic E-state index is 13.7. The maximum atomic E-state index is 13.7. The summed E-state index contributed by atoms with van der Waals surface area (Å²) in [6.07, 6.45) is -9.09. The number of nitrogens with zero attached hydrogens (tertiary/aromatic N) is 1. The van der Waals surface area contributed by atoms with E-state index in [1.54, 1.807) is 0 Å². The summed E-state index contributed by atoms with van der Waals surface area (Å²) in [6, 6.07) is 15.4. The van der Waals surface area contributed by atoms with Crippen LogP contribution >= 0.6 is 7.92 Å². The second-order valence-corrected chi connectivity index (χ2v) is 12.3. The number of hydrogen-bond acceptors (Lipinski definition) is 2. The Bertz CT molecular complexity index is 1290. The first-order valence-electron chi connectivity index (χ1n) is 11.6. The number of rotatable bonds is 4. The van der Waals surface area contributed by atoms with Crippen LogP contribution in [0.5, 0.6) is 0 Å². The van der Waals surface area contributed by atoms with Gasteiger partial charge in [-0.25, -0.2) is 4.99 Å². The molecule has 4 rings (SSSR count). The molecule has 3 aromatic carbocycles. The number of aliphatic imine (C=N–C) groups is 1. The number of benzene rings is 3. The van der Waals surface area contributed by atoms with Crippen LogP contribution in [0.1, 0.15) is 43.0 Å². The molecule has 0 bridgehead atoms.